The largest absolute Gasteiger partial charge is 0.282 e. The van der Waals surface area contributed by atoms with Crippen molar-refractivity contribution in [1.82, 2.24) is 14.9 Å². The summed E-state index contributed by atoms with van der Waals surface area (Å²) in [5, 5.41) is 16.6. The fourth-order valence-corrected chi connectivity index (χ4v) is 4.39. The summed E-state index contributed by atoms with van der Waals surface area (Å²) in [5.41, 5.74) is 3.44. The second-order valence-electron chi connectivity index (χ2n) is 8.18. The van der Waals surface area contributed by atoms with E-state index in [1.807, 2.05) is 24.3 Å². The number of aromatic amines is 1. The molecule has 0 unspecified atom stereocenters. The van der Waals surface area contributed by atoms with E-state index in [0.717, 1.165) is 42.6 Å². The van der Waals surface area contributed by atoms with Crippen LogP contribution in [-0.4, -0.2) is 29.4 Å². The molecule has 0 radical (unpaired) electrons. The number of nitrogens with zero attached hydrogens (tertiary/aromatic N) is 2. The van der Waals surface area contributed by atoms with Gasteiger partial charge in [0.25, 0.3) is 0 Å². The molecular formula is C20H26N4O2S. The summed E-state index contributed by atoms with van der Waals surface area (Å²) in [5.74, 6) is 0.348. The molecule has 1 aromatic heterocycles. The summed E-state index contributed by atoms with van der Waals surface area (Å²) < 4.78 is 26.7. The van der Waals surface area contributed by atoms with Gasteiger partial charge in [-0.15, -0.1) is 0 Å². The summed E-state index contributed by atoms with van der Waals surface area (Å²) in [4.78, 5) is 0. The normalized spacial score (nSPS) is 21.0. The van der Waals surface area contributed by atoms with Gasteiger partial charge in [-0.05, 0) is 64.7 Å². The van der Waals surface area contributed by atoms with Crippen LogP contribution in [0.3, 0.4) is 0 Å². The highest BCUT2D eigenvalue weighted by Gasteiger charge is 2.33. The molecule has 0 aliphatic heterocycles. The van der Waals surface area contributed by atoms with E-state index in [1.54, 1.807) is 26.8 Å². The van der Waals surface area contributed by atoms with Crippen molar-refractivity contribution in [3.63, 3.8) is 0 Å². The number of hydrogen-bond acceptors (Lipinski definition) is 4. The first-order valence-electron chi connectivity index (χ1n) is 9.27. The van der Waals surface area contributed by atoms with Crippen molar-refractivity contribution in [2.75, 3.05) is 0 Å². The molecule has 0 bridgehead atoms. The second-order valence-corrected chi connectivity index (χ2v) is 10.7. The van der Waals surface area contributed by atoms with Crippen molar-refractivity contribution < 1.29 is 8.42 Å². The van der Waals surface area contributed by atoms with Crippen molar-refractivity contribution in [3.05, 3.63) is 41.6 Å². The number of H-pyrrole nitrogens is 1. The third-order valence-electron chi connectivity index (χ3n) is 5.18. The first-order chi connectivity index (χ1) is 12.7. The van der Waals surface area contributed by atoms with Crippen LogP contribution < -0.4 is 4.72 Å². The lowest BCUT2D eigenvalue weighted by atomic mass is 9.84. The molecular weight excluding hydrogens is 360 g/mol. The van der Waals surface area contributed by atoms with E-state index in [1.165, 1.54) is 0 Å². The van der Waals surface area contributed by atoms with Crippen LogP contribution in [0.4, 0.5) is 0 Å². The monoisotopic (exact) mass is 386 g/mol. The lowest BCUT2D eigenvalue weighted by molar-refractivity contribution is 0.367. The Morgan fingerprint density at radius 1 is 1.19 bits per heavy atom. The van der Waals surface area contributed by atoms with Crippen LogP contribution in [0.25, 0.3) is 11.3 Å². The van der Waals surface area contributed by atoms with Gasteiger partial charge in [-0.2, -0.15) is 10.4 Å². The molecule has 7 heteroatoms. The molecule has 0 amide bonds. The van der Waals surface area contributed by atoms with Crippen molar-refractivity contribution in [2.24, 2.45) is 0 Å². The lowest BCUT2D eigenvalue weighted by Gasteiger charge is -2.30. The smallest absolute Gasteiger partial charge is 0.216 e. The van der Waals surface area contributed by atoms with Crippen LogP contribution in [0, 0.1) is 11.3 Å². The molecule has 1 saturated carbocycles. The van der Waals surface area contributed by atoms with Gasteiger partial charge in [-0.25, -0.2) is 13.1 Å². The third-order valence-corrected chi connectivity index (χ3v) is 7.44. The van der Waals surface area contributed by atoms with E-state index in [9.17, 15) is 8.42 Å². The molecule has 1 fully saturated rings. The predicted octanol–water partition coefficient (Wildman–Crippen LogP) is 3.69. The molecule has 2 N–H and O–H groups in total. The molecule has 0 spiro atoms. The zero-order valence-electron chi connectivity index (χ0n) is 16.0. The molecule has 3 rings (SSSR count). The number of nitriles is 1. The molecule has 1 aliphatic rings. The molecule has 2 aromatic rings. The van der Waals surface area contributed by atoms with Gasteiger partial charge in [0.05, 0.1) is 22.1 Å². The van der Waals surface area contributed by atoms with Gasteiger partial charge in [0.15, 0.2) is 0 Å². The first kappa shape index (κ1) is 19.6. The molecule has 0 saturated heterocycles. The van der Waals surface area contributed by atoms with Crippen LogP contribution in [0.1, 0.15) is 63.6 Å². The molecule has 6 nitrogen and oxygen atoms in total. The van der Waals surface area contributed by atoms with E-state index in [0.29, 0.717) is 11.5 Å². The summed E-state index contributed by atoms with van der Waals surface area (Å²) in [6.45, 7) is 5.15. The van der Waals surface area contributed by atoms with Gasteiger partial charge in [0, 0.05) is 23.2 Å². The van der Waals surface area contributed by atoms with Gasteiger partial charge in [-0.3, -0.25) is 5.10 Å². The minimum Gasteiger partial charge on any atom is -0.282 e. The number of hydrogen-bond donors (Lipinski definition) is 2. The van der Waals surface area contributed by atoms with E-state index < -0.39 is 14.8 Å². The highest BCUT2D eigenvalue weighted by molar-refractivity contribution is 7.90. The number of sulfonamides is 1. The molecule has 144 valence electrons. The zero-order valence-corrected chi connectivity index (χ0v) is 16.8. The van der Waals surface area contributed by atoms with Crippen LogP contribution in [-0.2, 0) is 10.0 Å². The maximum Gasteiger partial charge on any atom is 0.216 e. The number of nitrogens with one attached hydrogen (secondary N) is 2. The van der Waals surface area contributed by atoms with Crippen LogP contribution in [0.15, 0.2) is 30.3 Å². The molecule has 1 aromatic carbocycles. The van der Waals surface area contributed by atoms with Gasteiger partial charge in [0.1, 0.15) is 0 Å². The standard InChI is InChI=1S/C20H26N4O2S/c1-20(2,3)27(25,26)24-17-9-7-15(8-10-17)18-12-19(23-22-18)16-6-4-5-14(11-16)13-21/h4-6,11-12,15,17,24H,7-10H2,1-3H3,(H,22,23)/t15-,17-. The van der Waals surface area contributed by atoms with Crippen molar-refractivity contribution in [2.45, 2.75) is 63.2 Å². The summed E-state index contributed by atoms with van der Waals surface area (Å²) in [7, 11) is -3.31. The van der Waals surface area contributed by atoms with Crippen molar-refractivity contribution >= 4 is 10.0 Å². The van der Waals surface area contributed by atoms with Crippen LogP contribution >= 0.6 is 0 Å². The van der Waals surface area contributed by atoms with E-state index in [2.05, 4.69) is 21.0 Å². The Hall–Kier alpha value is -2.17. The third kappa shape index (κ3) is 4.40. The predicted molar refractivity (Wildman–Crippen MR) is 106 cm³/mol. The molecule has 0 atom stereocenters. The number of aromatic nitrogens is 2. The van der Waals surface area contributed by atoms with Crippen molar-refractivity contribution in [1.29, 1.82) is 5.26 Å². The summed E-state index contributed by atoms with van der Waals surface area (Å²) in [6.07, 6.45) is 3.46. The maximum absolute atomic E-state index is 12.3. The fraction of sp³-hybridized carbons (Fsp3) is 0.500. The van der Waals surface area contributed by atoms with Gasteiger partial charge in [0.2, 0.25) is 10.0 Å². The summed E-state index contributed by atoms with van der Waals surface area (Å²) in [6, 6.07) is 11.6. The van der Waals surface area contributed by atoms with Gasteiger partial charge >= 0.3 is 0 Å². The summed E-state index contributed by atoms with van der Waals surface area (Å²) >= 11 is 0. The van der Waals surface area contributed by atoms with Gasteiger partial charge in [-0.1, -0.05) is 12.1 Å². The average molecular weight is 387 g/mol. The van der Waals surface area contributed by atoms with E-state index >= 15 is 0 Å². The first-order valence-corrected chi connectivity index (χ1v) is 10.8. The fourth-order valence-electron chi connectivity index (χ4n) is 3.36. The maximum atomic E-state index is 12.3. The van der Waals surface area contributed by atoms with E-state index in [4.69, 9.17) is 5.26 Å². The number of rotatable bonds is 4. The van der Waals surface area contributed by atoms with Gasteiger partial charge < -0.3 is 0 Å². The highest BCUT2D eigenvalue weighted by atomic mass is 32.2. The van der Waals surface area contributed by atoms with Crippen LogP contribution in [0.2, 0.25) is 0 Å². The average Bonchev–Trinajstić information content (AvgIpc) is 3.11. The van der Waals surface area contributed by atoms with Crippen LogP contribution in [0.5, 0.6) is 0 Å². The quantitative estimate of drug-likeness (QED) is 0.837. The molecule has 27 heavy (non-hydrogen) atoms. The highest BCUT2D eigenvalue weighted by Crippen LogP contribution is 2.34. The van der Waals surface area contributed by atoms with Crippen molar-refractivity contribution in [3.8, 4) is 17.3 Å². The van der Waals surface area contributed by atoms with E-state index in [-0.39, 0.29) is 6.04 Å². The Bertz CT molecular complexity index is 943. The Balaban J connectivity index is 1.64. The minimum atomic E-state index is -3.31. The Morgan fingerprint density at radius 3 is 2.52 bits per heavy atom. The SMILES string of the molecule is CC(C)(C)S(=O)(=O)N[C@H]1CC[C@H](c2cc(-c3cccc(C#N)c3)n[nH]2)CC1. The zero-order chi connectivity index (χ0) is 19.7. The topological polar surface area (TPSA) is 98.6 Å². The Morgan fingerprint density at radius 2 is 1.89 bits per heavy atom. The molecule has 1 heterocycles. The lowest BCUT2D eigenvalue weighted by Crippen LogP contribution is -2.45. The number of benzene rings is 1. The Labute approximate surface area is 161 Å². The molecule has 1 aliphatic carbocycles. The minimum absolute atomic E-state index is 0.000164. The second kappa shape index (κ2) is 7.45. The Kier molecular flexibility index (Phi) is 5.41.